The van der Waals surface area contributed by atoms with E-state index in [0.717, 1.165) is 33.3 Å². The number of rotatable bonds is 4. The van der Waals surface area contributed by atoms with Crippen molar-refractivity contribution in [2.75, 3.05) is 7.11 Å². The molecule has 130 valence electrons. The quantitative estimate of drug-likeness (QED) is 0.521. The lowest BCUT2D eigenvalue weighted by Gasteiger charge is -2.10. The SMILES string of the molecule is COc1ccc2cc(COC(=O)c3ccc4cncn4c3C)ccc2c1. The number of methoxy groups -OCH3 is 1. The number of aryl methyl sites for hydroxylation is 1. The van der Waals surface area contributed by atoms with E-state index in [1.54, 1.807) is 25.7 Å². The molecule has 2 aromatic heterocycles. The Hall–Kier alpha value is -3.34. The van der Waals surface area contributed by atoms with Crippen LogP contribution < -0.4 is 4.74 Å². The molecule has 0 spiro atoms. The highest BCUT2D eigenvalue weighted by atomic mass is 16.5. The highest BCUT2D eigenvalue weighted by Gasteiger charge is 2.13. The number of hydrogen-bond donors (Lipinski definition) is 0. The number of ether oxygens (including phenoxy) is 2. The maximum Gasteiger partial charge on any atom is 0.340 e. The molecule has 0 fully saturated rings. The van der Waals surface area contributed by atoms with Crippen LogP contribution in [0, 0.1) is 6.92 Å². The molecule has 0 unspecified atom stereocenters. The van der Waals surface area contributed by atoms with E-state index in [2.05, 4.69) is 4.98 Å². The zero-order valence-electron chi connectivity index (χ0n) is 14.6. The molecule has 0 aliphatic rings. The van der Waals surface area contributed by atoms with Gasteiger partial charge in [0.2, 0.25) is 0 Å². The van der Waals surface area contributed by atoms with Gasteiger partial charge in [-0.3, -0.25) is 0 Å². The molecule has 0 N–H and O–H groups in total. The minimum absolute atomic E-state index is 0.224. The van der Waals surface area contributed by atoms with Gasteiger partial charge in [0, 0.05) is 5.69 Å². The lowest BCUT2D eigenvalue weighted by Crippen LogP contribution is -2.09. The molecule has 2 heterocycles. The van der Waals surface area contributed by atoms with Crippen molar-refractivity contribution in [3.63, 3.8) is 0 Å². The fourth-order valence-electron chi connectivity index (χ4n) is 3.06. The first kappa shape index (κ1) is 16.1. The van der Waals surface area contributed by atoms with Gasteiger partial charge in [0.05, 0.1) is 30.7 Å². The summed E-state index contributed by atoms with van der Waals surface area (Å²) in [7, 11) is 1.65. The summed E-state index contributed by atoms with van der Waals surface area (Å²) in [5, 5.41) is 2.16. The van der Waals surface area contributed by atoms with Gasteiger partial charge in [-0.1, -0.05) is 18.2 Å². The molecule has 0 aliphatic heterocycles. The van der Waals surface area contributed by atoms with Crippen LogP contribution in [0.4, 0.5) is 0 Å². The molecule has 4 rings (SSSR count). The molecule has 0 radical (unpaired) electrons. The van der Waals surface area contributed by atoms with Gasteiger partial charge in [0.15, 0.2) is 0 Å². The van der Waals surface area contributed by atoms with E-state index in [-0.39, 0.29) is 12.6 Å². The Kier molecular flexibility index (Phi) is 4.05. The molecule has 26 heavy (non-hydrogen) atoms. The molecule has 4 aromatic rings. The van der Waals surface area contributed by atoms with E-state index >= 15 is 0 Å². The van der Waals surface area contributed by atoms with E-state index in [1.165, 1.54) is 0 Å². The van der Waals surface area contributed by atoms with Gasteiger partial charge in [0.1, 0.15) is 12.4 Å². The molecule has 5 heteroatoms. The molecule has 5 nitrogen and oxygen atoms in total. The van der Waals surface area contributed by atoms with Crippen LogP contribution in [0.1, 0.15) is 21.6 Å². The third-order valence-electron chi connectivity index (χ3n) is 4.54. The third-order valence-corrected chi connectivity index (χ3v) is 4.54. The fourth-order valence-corrected chi connectivity index (χ4v) is 3.06. The molecule has 0 bridgehead atoms. The summed E-state index contributed by atoms with van der Waals surface area (Å²) in [6.45, 7) is 2.11. The summed E-state index contributed by atoms with van der Waals surface area (Å²) in [5.74, 6) is 0.481. The molecule has 0 saturated carbocycles. The summed E-state index contributed by atoms with van der Waals surface area (Å²) < 4.78 is 12.6. The maximum atomic E-state index is 12.5. The molecular formula is C21H18N2O3. The summed E-state index contributed by atoms with van der Waals surface area (Å²) >= 11 is 0. The Bertz CT molecular complexity index is 1110. The van der Waals surface area contributed by atoms with Gasteiger partial charge in [0.25, 0.3) is 0 Å². The lowest BCUT2D eigenvalue weighted by atomic mass is 10.1. The molecule has 0 saturated heterocycles. The minimum Gasteiger partial charge on any atom is -0.497 e. The van der Waals surface area contributed by atoms with Crippen molar-refractivity contribution >= 4 is 22.3 Å². The molecule has 0 aliphatic carbocycles. The van der Waals surface area contributed by atoms with Crippen LogP contribution in [0.15, 0.2) is 61.1 Å². The Labute approximate surface area is 150 Å². The van der Waals surface area contributed by atoms with Crippen molar-refractivity contribution < 1.29 is 14.3 Å². The molecule has 0 amide bonds. The van der Waals surface area contributed by atoms with Crippen molar-refractivity contribution in [3.8, 4) is 5.75 Å². The van der Waals surface area contributed by atoms with E-state index in [4.69, 9.17) is 9.47 Å². The number of carbonyl (C=O) groups excluding carboxylic acids is 1. The second-order valence-electron chi connectivity index (χ2n) is 6.14. The van der Waals surface area contributed by atoms with Crippen molar-refractivity contribution in [2.45, 2.75) is 13.5 Å². The number of imidazole rings is 1. The second-order valence-corrected chi connectivity index (χ2v) is 6.14. The number of nitrogens with zero attached hydrogens (tertiary/aromatic N) is 2. The van der Waals surface area contributed by atoms with Crippen molar-refractivity contribution in [1.29, 1.82) is 0 Å². The Morgan fingerprint density at radius 2 is 1.88 bits per heavy atom. The first-order chi connectivity index (χ1) is 12.7. The van der Waals surface area contributed by atoms with Crippen LogP contribution in [-0.2, 0) is 11.3 Å². The van der Waals surface area contributed by atoms with Gasteiger partial charge in [-0.2, -0.15) is 0 Å². The van der Waals surface area contributed by atoms with Crippen molar-refractivity contribution in [3.05, 3.63) is 77.9 Å². The number of aromatic nitrogens is 2. The molecular weight excluding hydrogens is 328 g/mol. The Morgan fingerprint density at radius 3 is 2.73 bits per heavy atom. The van der Waals surface area contributed by atoms with E-state index in [9.17, 15) is 4.79 Å². The lowest BCUT2D eigenvalue weighted by molar-refractivity contribution is 0.0471. The monoisotopic (exact) mass is 346 g/mol. The average Bonchev–Trinajstić information content (AvgIpc) is 3.15. The largest absolute Gasteiger partial charge is 0.497 e. The third kappa shape index (κ3) is 2.88. The van der Waals surface area contributed by atoms with E-state index in [1.807, 2.05) is 53.8 Å². The van der Waals surface area contributed by atoms with Gasteiger partial charge in [-0.25, -0.2) is 9.78 Å². The van der Waals surface area contributed by atoms with Crippen LogP contribution in [0.3, 0.4) is 0 Å². The second kappa shape index (κ2) is 6.52. The van der Waals surface area contributed by atoms with Gasteiger partial charge < -0.3 is 13.9 Å². The number of esters is 1. The zero-order valence-corrected chi connectivity index (χ0v) is 14.6. The fraction of sp³-hybridized carbons (Fsp3) is 0.143. The highest BCUT2D eigenvalue weighted by molar-refractivity contribution is 5.91. The smallest absolute Gasteiger partial charge is 0.340 e. The number of fused-ring (bicyclic) bond motifs is 2. The predicted molar refractivity (Wildman–Crippen MR) is 99.5 cm³/mol. The first-order valence-electron chi connectivity index (χ1n) is 8.31. The average molecular weight is 346 g/mol. The molecule has 2 aromatic carbocycles. The van der Waals surface area contributed by atoms with E-state index < -0.39 is 0 Å². The normalized spacial score (nSPS) is 11.0. The van der Waals surface area contributed by atoms with Gasteiger partial charge >= 0.3 is 5.97 Å². The van der Waals surface area contributed by atoms with Crippen LogP contribution in [0.5, 0.6) is 5.75 Å². The standard InChI is InChI=1S/C21H18N2O3/c1-14-20(8-6-18-11-22-13-23(14)18)21(24)26-12-15-3-4-17-10-19(25-2)7-5-16(17)9-15/h3-11,13H,12H2,1-2H3. The topological polar surface area (TPSA) is 52.8 Å². The van der Waals surface area contributed by atoms with Crippen molar-refractivity contribution in [2.24, 2.45) is 0 Å². The molecule has 0 atom stereocenters. The number of carbonyl (C=O) groups is 1. The van der Waals surface area contributed by atoms with Crippen molar-refractivity contribution in [1.82, 2.24) is 9.38 Å². The predicted octanol–water partition coefficient (Wildman–Crippen LogP) is 4.16. The number of benzene rings is 2. The first-order valence-corrected chi connectivity index (χ1v) is 8.31. The summed E-state index contributed by atoms with van der Waals surface area (Å²) in [6.07, 6.45) is 3.45. The minimum atomic E-state index is -0.340. The van der Waals surface area contributed by atoms with Crippen LogP contribution in [-0.4, -0.2) is 22.5 Å². The Balaban J connectivity index is 1.53. The van der Waals surface area contributed by atoms with Gasteiger partial charge in [-0.15, -0.1) is 0 Å². The highest BCUT2D eigenvalue weighted by Crippen LogP contribution is 2.22. The summed E-state index contributed by atoms with van der Waals surface area (Å²) in [6, 6.07) is 15.5. The number of pyridine rings is 1. The van der Waals surface area contributed by atoms with E-state index in [0.29, 0.717) is 5.56 Å². The van der Waals surface area contributed by atoms with Crippen LogP contribution >= 0.6 is 0 Å². The van der Waals surface area contributed by atoms with Crippen LogP contribution in [0.2, 0.25) is 0 Å². The van der Waals surface area contributed by atoms with Crippen LogP contribution in [0.25, 0.3) is 16.3 Å². The summed E-state index contributed by atoms with van der Waals surface area (Å²) in [4.78, 5) is 16.6. The maximum absolute atomic E-state index is 12.5. The Morgan fingerprint density at radius 1 is 1.08 bits per heavy atom. The summed E-state index contributed by atoms with van der Waals surface area (Å²) in [5.41, 5.74) is 3.25. The van der Waals surface area contributed by atoms with Gasteiger partial charge in [-0.05, 0) is 53.6 Å². The number of hydrogen-bond acceptors (Lipinski definition) is 4. The zero-order chi connectivity index (χ0) is 18.1.